The number of carbonyl (C=O) groups excluding carboxylic acids is 2. The summed E-state index contributed by atoms with van der Waals surface area (Å²) in [5.74, 6) is -15.1. The molecule has 0 spiro atoms. The maximum Gasteiger partial charge on any atom is 0.407 e. The van der Waals surface area contributed by atoms with Gasteiger partial charge in [-0.15, -0.1) is 0 Å². The van der Waals surface area contributed by atoms with Gasteiger partial charge in [0.05, 0.1) is 0 Å². The first-order valence-electron chi connectivity index (χ1n) is 12.1. The molecule has 0 saturated carbocycles. The van der Waals surface area contributed by atoms with Gasteiger partial charge in [-0.3, -0.25) is 0 Å². The molecule has 0 aliphatic heterocycles. The lowest BCUT2D eigenvalue weighted by Crippen LogP contribution is -2.45. The number of benzene rings is 4. The largest absolute Gasteiger partial charge is 0.449 e. The predicted octanol–water partition coefficient (Wildman–Crippen LogP) is 6.44. The molecular weight excluding hydrogens is 533 g/mol. The third-order valence-corrected chi connectivity index (χ3v) is 6.58. The summed E-state index contributed by atoms with van der Waals surface area (Å²) in [6, 6.07) is 21.9. The van der Waals surface area contributed by atoms with Crippen LogP contribution in [0.1, 0.15) is 22.6 Å². The second kappa shape index (κ2) is 11.2. The summed E-state index contributed by atoms with van der Waals surface area (Å²) in [6.07, 6.45) is -1.27. The molecule has 0 heterocycles. The Morgan fingerprint density at radius 1 is 0.700 bits per heavy atom. The SMILES string of the molecule is O=C(NC(Cc1ccccc1)C(=O)Oc1c(F)c(F)c(F)c(F)c1F)OCC1c2ccccc2-c2ccccc21. The molecule has 0 fully saturated rings. The molecule has 204 valence electrons. The zero-order chi connectivity index (χ0) is 28.4. The molecule has 1 atom stereocenters. The van der Waals surface area contributed by atoms with Gasteiger partial charge < -0.3 is 14.8 Å². The number of rotatable bonds is 7. The average Bonchev–Trinajstić information content (AvgIpc) is 3.30. The molecule has 1 aliphatic carbocycles. The van der Waals surface area contributed by atoms with Crippen LogP contribution in [0, 0.1) is 29.1 Å². The van der Waals surface area contributed by atoms with E-state index in [0.29, 0.717) is 5.56 Å². The van der Waals surface area contributed by atoms with Gasteiger partial charge in [0.25, 0.3) is 0 Å². The van der Waals surface area contributed by atoms with Crippen molar-refractivity contribution in [3.63, 3.8) is 0 Å². The molecule has 4 aromatic carbocycles. The molecule has 10 heteroatoms. The van der Waals surface area contributed by atoms with E-state index in [1.807, 2.05) is 48.5 Å². The summed E-state index contributed by atoms with van der Waals surface area (Å²) >= 11 is 0. The Hall–Kier alpha value is -4.73. The van der Waals surface area contributed by atoms with E-state index in [4.69, 9.17) is 4.74 Å². The van der Waals surface area contributed by atoms with Crippen LogP contribution in [0.15, 0.2) is 78.9 Å². The van der Waals surface area contributed by atoms with Crippen molar-refractivity contribution in [3.05, 3.63) is 125 Å². The minimum atomic E-state index is -2.40. The van der Waals surface area contributed by atoms with Crippen molar-refractivity contribution in [1.29, 1.82) is 0 Å². The fraction of sp³-hybridized carbons (Fsp3) is 0.133. The van der Waals surface area contributed by atoms with Crippen LogP contribution < -0.4 is 10.1 Å². The molecule has 1 aliphatic rings. The molecule has 0 aromatic heterocycles. The lowest BCUT2D eigenvalue weighted by atomic mass is 9.98. The van der Waals surface area contributed by atoms with Gasteiger partial charge in [0.15, 0.2) is 0 Å². The second-order valence-electron chi connectivity index (χ2n) is 9.03. The van der Waals surface area contributed by atoms with E-state index in [0.717, 1.165) is 22.3 Å². The Morgan fingerprint density at radius 2 is 1.20 bits per heavy atom. The molecular formula is C30H20F5NO4. The fourth-order valence-corrected chi connectivity index (χ4v) is 4.67. The topological polar surface area (TPSA) is 64.6 Å². The lowest BCUT2D eigenvalue weighted by Gasteiger charge is -2.19. The van der Waals surface area contributed by atoms with E-state index in [1.54, 1.807) is 30.3 Å². The van der Waals surface area contributed by atoms with Crippen LogP contribution in [0.3, 0.4) is 0 Å². The van der Waals surface area contributed by atoms with E-state index in [-0.39, 0.29) is 18.9 Å². The molecule has 5 nitrogen and oxygen atoms in total. The van der Waals surface area contributed by atoms with Crippen LogP contribution in [0.25, 0.3) is 11.1 Å². The minimum Gasteiger partial charge on any atom is -0.449 e. The van der Waals surface area contributed by atoms with Gasteiger partial charge in [-0.25, -0.2) is 22.8 Å². The van der Waals surface area contributed by atoms with Crippen molar-refractivity contribution in [2.24, 2.45) is 0 Å². The standard InChI is InChI=1S/C30H20F5NO4/c31-23-24(32)26(34)28(27(35)25(23)33)40-29(37)22(14-16-8-2-1-3-9-16)36-30(38)39-15-21-19-12-6-4-10-17(19)18-11-5-7-13-20(18)21/h1-13,21-22H,14-15H2,(H,36,38). The van der Waals surface area contributed by atoms with Gasteiger partial charge in [0.1, 0.15) is 12.6 Å². The predicted molar refractivity (Wildman–Crippen MR) is 134 cm³/mol. The summed E-state index contributed by atoms with van der Waals surface area (Å²) in [7, 11) is 0. The first kappa shape index (κ1) is 26.9. The van der Waals surface area contributed by atoms with E-state index >= 15 is 0 Å². The van der Waals surface area contributed by atoms with Gasteiger partial charge in [0, 0.05) is 12.3 Å². The van der Waals surface area contributed by atoms with Crippen molar-refractivity contribution in [3.8, 4) is 16.9 Å². The Balaban J connectivity index is 1.34. The van der Waals surface area contributed by atoms with Crippen LogP contribution in [0.2, 0.25) is 0 Å². The summed E-state index contributed by atoms with van der Waals surface area (Å²) < 4.78 is 79.0. The fourth-order valence-electron chi connectivity index (χ4n) is 4.67. The molecule has 1 amide bonds. The number of ether oxygens (including phenoxy) is 2. The first-order valence-corrected chi connectivity index (χ1v) is 12.1. The molecule has 40 heavy (non-hydrogen) atoms. The third kappa shape index (κ3) is 5.12. The van der Waals surface area contributed by atoms with E-state index in [2.05, 4.69) is 10.1 Å². The monoisotopic (exact) mass is 553 g/mol. The van der Waals surface area contributed by atoms with Crippen LogP contribution in [0.4, 0.5) is 26.7 Å². The Labute approximate surface area is 225 Å². The number of alkyl carbamates (subject to hydrolysis) is 1. The van der Waals surface area contributed by atoms with Crippen LogP contribution in [0.5, 0.6) is 5.75 Å². The van der Waals surface area contributed by atoms with Crippen LogP contribution >= 0.6 is 0 Å². The molecule has 1 unspecified atom stereocenters. The molecule has 4 aromatic rings. The van der Waals surface area contributed by atoms with Gasteiger partial charge in [-0.2, -0.15) is 8.78 Å². The summed E-state index contributed by atoms with van der Waals surface area (Å²) in [5.41, 5.74) is 4.41. The quantitative estimate of drug-likeness (QED) is 0.0941. The summed E-state index contributed by atoms with van der Waals surface area (Å²) in [4.78, 5) is 25.7. The van der Waals surface area contributed by atoms with E-state index in [9.17, 15) is 31.5 Å². The molecule has 0 saturated heterocycles. The number of nitrogens with one attached hydrogen (secondary N) is 1. The number of amides is 1. The first-order chi connectivity index (χ1) is 19.3. The van der Waals surface area contributed by atoms with Gasteiger partial charge in [-0.05, 0) is 27.8 Å². The zero-order valence-electron chi connectivity index (χ0n) is 20.6. The second-order valence-corrected chi connectivity index (χ2v) is 9.03. The Kier molecular flexibility index (Phi) is 7.50. The van der Waals surface area contributed by atoms with Crippen molar-refractivity contribution >= 4 is 12.1 Å². The molecule has 1 N–H and O–H groups in total. The minimum absolute atomic E-state index is 0.0927. The zero-order valence-corrected chi connectivity index (χ0v) is 20.6. The normalized spacial score (nSPS) is 12.8. The number of carbonyl (C=O) groups is 2. The highest BCUT2D eigenvalue weighted by Crippen LogP contribution is 2.44. The number of fused-ring (bicyclic) bond motifs is 3. The molecule has 0 radical (unpaired) electrons. The maximum atomic E-state index is 14.1. The number of halogens is 5. The van der Waals surface area contributed by atoms with Gasteiger partial charge in [-0.1, -0.05) is 78.9 Å². The summed E-state index contributed by atoms with van der Waals surface area (Å²) in [6.45, 7) is -0.0927. The third-order valence-electron chi connectivity index (χ3n) is 6.58. The van der Waals surface area contributed by atoms with Crippen LogP contribution in [-0.2, 0) is 16.0 Å². The smallest absolute Gasteiger partial charge is 0.407 e. The van der Waals surface area contributed by atoms with Gasteiger partial charge in [0.2, 0.25) is 34.8 Å². The van der Waals surface area contributed by atoms with Crippen molar-refractivity contribution in [2.45, 2.75) is 18.4 Å². The highest BCUT2D eigenvalue weighted by molar-refractivity contribution is 5.83. The maximum absolute atomic E-state index is 14.1. The molecule has 0 bridgehead atoms. The average molecular weight is 553 g/mol. The lowest BCUT2D eigenvalue weighted by molar-refractivity contribution is -0.137. The molecule has 5 rings (SSSR count). The number of hydrogen-bond donors (Lipinski definition) is 1. The number of hydrogen-bond acceptors (Lipinski definition) is 4. The van der Waals surface area contributed by atoms with E-state index < -0.39 is 52.9 Å². The van der Waals surface area contributed by atoms with Gasteiger partial charge >= 0.3 is 12.1 Å². The van der Waals surface area contributed by atoms with Crippen molar-refractivity contribution in [1.82, 2.24) is 5.32 Å². The highest BCUT2D eigenvalue weighted by Gasteiger charge is 2.33. The number of esters is 1. The van der Waals surface area contributed by atoms with Crippen molar-refractivity contribution < 1.29 is 41.0 Å². The summed E-state index contributed by atoms with van der Waals surface area (Å²) in [5, 5.41) is 2.29. The van der Waals surface area contributed by atoms with Crippen LogP contribution in [-0.4, -0.2) is 24.7 Å². The van der Waals surface area contributed by atoms with E-state index in [1.165, 1.54) is 0 Å². The highest BCUT2D eigenvalue weighted by atomic mass is 19.2. The Morgan fingerprint density at radius 3 is 1.77 bits per heavy atom. The van der Waals surface area contributed by atoms with Crippen molar-refractivity contribution in [2.75, 3.05) is 6.61 Å². The Bertz CT molecular complexity index is 1520.